The van der Waals surface area contributed by atoms with E-state index in [1.807, 2.05) is 50.2 Å². The molecule has 0 saturated heterocycles. The lowest BCUT2D eigenvalue weighted by Gasteiger charge is -2.20. The highest BCUT2D eigenvalue weighted by atomic mass is 16.5. The minimum atomic E-state index is -0.0521. The van der Waals surface area contributed by atoms with Gasteiger partial charge in [0.15, 0.2) is 0 Å². The zero-order valence-electron chi connectivity index (χ0n) is 17.0. The summed E-state index contributed by atoms with van der Waals surface area (Å²) >= 11 is 0. The maximum absolute atomic E-state index is 12.7. The van der Waals surface area contributed by atoms with Crippen LogP contribution in [-0.2, 0) is 4.79 Å². The van der Waals surface area contributed by atoms with Gasteiger partial charge in [0.2, 0.25) is 5.91 Å². The topological polar surface area (TPSA) is 38.3 Å². The molecule has 4 rings (SSSR count). The minimum absolute atomic E-state index is 0.0308. The van der Waals surface area contributed by atoms with Crippen molar-refractivity contribution in [2.75, 3.05) is 12.4 Å². The lowest BCUT2D eigenvalue weighted by Crippen LogP contribution is -2.20. The number of benzene rings is 4. The van der Waals surface area contributed by atoms with Crippen molar-refractivity contribution in [1.29, 1.82) is 0 Å². The molecule has 0 aliphatic carbocycles. The van der Waals surface area contributed by atoms with Crippen LogP contribution in [0.5, 0.6) is 5.75 Å². The highest BCUT2D eigenvalue weighted by Gasteiger charge is 2.20. The number of hydrogen-bond donors (Lipinski definition) is 1. The molecule has 0 aliphatic rings. The van der Waals surface area contributed by atoms with Crippen molar-refractivity contribution in [3.63, 3.8) is 0 Å². The van der Waals surface area contributed by atoms with Crippen LogP contribution < -0.4 is 10.1 Å². The van der Waals surface area contributed by atoms with Gasteiger partial charge in [-0.05, 0) is 40.1 Å². The molecule has 1 N–H and O–H groups in total. The lowest BCUT2D eigenvalue weighted by atomic mass is 9.91. The summed E-state index contributed by atoms with van der Waals surface area (Å²) in [7, 11) is 1.69. The molecule has 0 aliphatic heterocycles. The van der Waals surface area contributed by atoms with E-state index in [1.54, 1.807) is 7.11 Å². The highest BCUT2D eigenvalue weighted by molar-refractivity contribution is 6.13. The quantitative estimate of drug-likeness (QED) is 0.419. The summed E-state index contributed by atoms with van der Waals surface area (Å²) in [6, 6.07) is 24.7. The van der Waals surface area contributed by atoms with E-state index >= 15 is 0 Å². The fourth-order valence-electron chi connectivity index (χ4n) is 3.77. The Labute approximate surface area is 171 Å². The van der Waals surface area contributed by atoms with E-state index in [9.17, 15) is 4.79 Å². The molecule has 1 atom stereocenters. The summed E-state index contributed by atoms with van der Waals surface area (Å²) in [4.78, 5) is 12.7. The number of methoxy groups -OCH3 is 1. The Morgan fingerprint density at radius 1 is 0.862 bits per heavy atom. The van der Waals surface area contributed by atoms with Gasteiger partial charge in [0.05, 0.1) is 7.11 Å². The monoisotopic (exact) mass is 383 g/mol. The lowest BCUT2D eigenvalue weighted by molar-refractivity contribution is -0.119. The van der Waals surface area contributed by atoms with Crippen molar-refractivity contribution in [1.82, 2.24) is 0 Å². The summed E-state index contributed by atoms with van der Waals surface area (Å²) in [5, 5.41) is 7.62. The number of ether oxygens (including phenoxy) is 1. The smallest absolute Gasteiger partial charge is 0.227 e. The van der Waals surface area contributed by atoms with Crippen LogP contribution in [-0.4, -0.2) is 13.0 Å². The first-order valence-electron chi connectivity index (χ1n) is 10.0. The molecule has 29 heavy (non-hydrogen) atoms. The first-order chi connectivity index (χ1) is 14.1. The molecular weight excluding hydrogens is 358 g/mol. The van der Waals surface area contributed by atoms with Crippen molar-refractivity contribution in [3.05, 3.63) is 72.8 Å². The minimum Gasteiger partial charge on any atom is -0.496 e. The predicted octanol–water partition coefficient (Wildman–Crippen LogP) is 6.65. The van der Waals surface area contributed by atoms with Gasteiger partial charge < -0.3 is 10.1 Å². The van der Waals surface area contributed by atoms with E-state index in [0.29, 0.717) is 0 Å². The van der Waals surface area contributed by atoms with Gasteiger partial charge in [-0.1, -0.05) is 74.5 Å². The first kappa shape index (κ1) is 19.0. The SMILES string of the molecule is CC[C@H](C)C(=O)Nc1ccc2ccccc2c1-c1c(OC)ccc2ccccc12. The van der Waals surface area contributed by atoms with E-state index in [0.717, 1.165) is 50.5 Å². The van der Waals surface area contributed by atoms with Gasteiger partial charge in [0.1, 0.15) is 5.75 Å². The number of nitrogens with one attached hydrogen (secondary N) is 1. The summed E-state index contributed by atoms with van der Waals surface area (Å²) in [5.74, 6) is 0.770. The number of fused-ring (bicyclic) bond motifs is 2. The fraction of sp³-hybridized carbons (Fsp3) is 0.192. The van der Waals surface area contributed by atoms with Crippen molar-refractivity contribution >= 4 is 33.1 Å². The van der Waals surface area contributed by atoms with Crippen LogP contribution in [0.15, 0.2) is 72.8 Å². The van der Waals surface area contributed by atoms with Gasteiger partial charge in [-0.3, -0.25) is 4.79 Å². The molecular formula is C26H25NO2. The molecule has 0 radical (unpaired) electrons. The maximum atomic E-state index is 12.7. The maximum Gasteiger partial charge on any atom is 0.227 e. The molecule has 0 unspecified atom stereocenters. The Bertz CT molecular complexity index is 1200. The molecule has 1 amide bonds. The van der Waals surface area contributed by atoms with Gasteiger partial charge in [0, 0.05) is 22.7 Å². The predicted molar refractivity (Wildman–Crippen MR) is 122 cm³/mol. The van der Waals surface area contributed by atoms with Gasteiger partial charge in [-0.25, -0.2) is 0 Å². The summed E-state index contributed by atoms with van der Waals surface area (Å²) in [6.07, 6.45) is 0.798. The van der Waals surface area contributed by atoms with Crippen LogP contribution in [0.1, 0.15) is 20.3 Å². The van der Waals surface area contributed by atoms with E-state index in [4.69, 9.17) is 4.74 Å². The van der Waals surface area contributed by atoms with E-state index < -0.39 is 0 Å². The molecule has 0 saturated carbocycles. The number of anilines is 1. The number of rotatable bonds is 5. The van der Waals surface area contributed by atoms with Crippen LogP contribution in [0.4, 0.5) is 5.69 Å². The summed E-state index contributed by atoms with van der Waals surface area (Å²) in [6.45, 7) is 3.98. The molecule has 4 aromatic carbocycles. The van der Waals surface area contributed by atoms with Gasteiger partial charge in [-0.15, -0.1) is 0 Å². The van der Waals surface area contributed by atoms with E-state index in [1.165, 1.54) is 0 Å². The first-order valence-corrected chi connectivity index (χ1v) is 10.0. The average Bonchev–Trinajstić information content (AvgIpc) is 2.77. The molecule has 0 fully saturated rings. The Balaban J connectivity index is 2.06. The molecule has 0 bridgehead atoms. The molecule has 3 heteroatoms. The Morgan fingerprint density at radius 3 is 2.07 bits per heavy atom. The van der Waals surface area contributed by atoms with E-state index in [-0.39, 0.29) is 11.8 Å². The number of amides is 1. The third-order valence-electron chi connectivity index (χ3n) is 5.61. The van der Waals surface area contributed by atoms with Crippen LogP contribution in [0.2, 0.25) is 0 Å². The Hall–Kier alpha value is -3.33. The zero-order chi connectivity index (χ0) is 20.4. The molecule has 0 spiro atoms. The third kappa shape index (κ3) is 3.44. The zero-order valence-corrected chi connectivity index (χ0v) is 17.0. The Kier molecular flexibility index (Phi) is 5.22. The average molecular weight is 383 g/mol. The Morgan fingerprint density at radius 2 is 1.45 bits per heavy atom. The summed E-state index contributed by atoms with van der Waals surface area (Å²) in [5.41, 5.74) is 2.80. The standard InChI is InChI=1S/C26H25NO2/c1-4-17(2)26(28)27-22-15-13-18-9-5-7-11-20(18)24(22)25-21-12-8-6-10-19(21)14-16-23(25)29-3/h5-17H,4H2,1-3H3,(H,27,28)/t17-/m0/s1. The van der Waals surface area contributed by atoms with Crippen LogP contribution in [0, 0.1) is 5.92 Å². The van der Waals surface area contributed by atoms with Crippen molar-refractivity contribution in [2.24, 2.45) is 5.92 Å². The second-order valence-corrected chi connectivity index (χ2v) is 7.37. The van der Waals surface area contributed by atoms with Gasteiger partial charge in [-0.2, -0.15) is 0 Å². The fourth-order valence-corrected chi connectivity index (χ4v) is 3.77. The van der Waals surface area contributed by atoms with Gasteiger partial charge >= 0.3 is 0 Å². The molecule has 146 valence electrons. The second-order valence-electron chi connectivity index (χ2n) is 7.37. The van der Waals surface area contributed by atoms with Gasteiger partial charge in [0.25, 0.3) is 0 Å². The third-order valence-corrected chi connectivity index (χ3v) is 5.61. The van der Waals surface area contributed by atoms with Crippen LogP contribution >= 0.6 is 0 Å². The van der Waals surface area contributed by atoms with Crippen LogP contribution in [0.25, 0.3) is 32.7 Å². The van der Waals surface area contributed by atoms with Crippen LogP contribution in [0.3, 0.4) is 0 Å². The normalized spacial score (nSPS) is 12.1. The number of hydrogen-bond acceptors (Lipinski definition) is 2. The van der Waals surface area contributed by atoms with Crippen molar-refractivity contribution in [3.8, 4) is 16.9 Å². The highest BCUT2D eigenvalue weighted by Crippen LogP contribution is 2.44. The largest absolute Gasteiger partial charge is 0.496 e. The van der Waals surface area contributed by atoms with Crippen molar-refractivity contribution < 1.29 is 9.53 Å². The van der Waals surface area contributed by atoms with Crippen molar-refractivity contribution in [2.45, 2.75) is 20.3 Å². The molecule has 0 heterocycles. The summed E-state index contributed by atoms with van der Waals surface area (Å²) < 4.78 is 5.77. The number of carbonyl (C=O) groups excluding carboxylic acids is 1. The second kappa shape index (κ2) is 7.96. The molecule has 0 aromatic heterocycles. The van der Waals surface area contributed by atoms with E-state index in [2.05, 4.69) is 41.7 Å². The number of carbonyl (C=O) groups is 1. The molecule has 3 nitrogen and oxygen atoms in total. The molecule has 4 aromatic rings.